The van der Waals surface area contributed by atoms with Crippen molar-refractivity contribution in [2.75, 3.05) is 0 Å². The van der Waals surface area contributed by atoms with E-state index in [0.717, 1.165) is 0 Å². The van der Waals surface area contributed by atoms with Crippen molar-refractivity contribution >= 4 is 33.0 Å². The molecular formula is C11H24O2S2. The minimum absolute atomic E-state index is 0. The predicted octanol–water partition coefficient (Wildman–Crippen LogP) is 3.01. The van der Waals surface area contributed by atoms with E-state index in [9.17, 15) is 4.79 Å². The summed E-state index contributed by atoms with van der Waals surface area (Å²) in [5.74, 6) is -0.105. The van der Waals surface area contributed by atoms with Crippen LogP contribution in [0.2, 0.25) is 0 Å². The lowest BCUT2D eigenvalue weighted by Crippen LogP contribution is -2.29. The fourth-order valence-electron chi connectivity index (χ4n) is 0.813. The Hall–Kier alpha value is -0.0900. The second kappa shape index (κ2) is 8.11. The Morgan fingerprint density at radius 1 is 1.27 bits per heavy atom. The highest BCUT2D eigenvalue weighted by atomic mass is 32.1. The largest absolute Gasteiger partial charge is 0.460 e. The normalized spacial score (nSPS) is 13.9. The molecule has 0 aromatic rings. The van der Waals surface area contributed by atoms with Crippen molar-refractivity contribution in [3.63, 3.8) is 0 Å². The Morgan fingerprint density at radius 2 is 1.67 bits per heavy atom. The molecule has 0 spiro atoms. The summed E-state index contributed by atoms with van der Waals surface area (Å²) in [6, 6.07) is 0. The second-order valence-electron chi connectivity index (χ2n) is 4.42. The van der Waals surface area contributed by atoms with E-state index in [-0.39, 0.29) is 44.8 Å². The molecule has 0 amide bonds. The average molecular weight is 252 g/mol. The third-order valence-electron chi connectivity index (χ3n) is 1.94. The number of ether oxygens (including phenoxy) is 1. The molecule has 0 radical (unpaired) electrons. The topological polar surface area (TPSA) is 26.3 Å². The van der Waals surface area contributed by atoms with Gasteiger partial charge in [-0.25, -0.2) is 0 Å². The maximum absolute atomic E-state index is 11.5. The number of carbonyl (C=O) groups excluding carboxylic acids is 1. The minimum atomic E-state index is -0.397. The zero-order valence-corrected chi connectivity index (χ0v) is 12.3. The molecule has 0 N–H and O–H groups in total. The second-order valence-corrected chi connectivity index (χ2v) is 4.42. The number of carbonyl (C=O) groups is 1. The van der Waals surface area contributed by atoms with Crippen LogP contribution in [0, 0.1) is 11.8 Å². The molecule has 2 nitrogen and oxygen atoms in total. The van der Waals surface area contributed by atoms with E-state index < -0.39 is 5.60 Å². The Labute approximate surface area is 107 Å². The summed E-state index contributed by atoms with van der Waals surface area (Å²) in [7, 11) is 0. The number of rotatable bonds is 3. The Morgan fingerprint density at radius 3 is 1.93 bits per heavy atom. The highest BCUT2D eigenvalue weighted by Gasteiger charge is 2.24. The van der Waals surface area contributed by atoms with Gasteiger partial charge in [-0.2, -0.15) is 27.0 Å². The molecule has 1 unspecified atom stereocenters. The summed E-state index contributed by atoms with van der Waals surface area (Å²) in [6.07, 6.45) is 1.77. The van der Waals surface area contributed by atoms with Crippen molar-refractivity contribution in [2.24, 2.45) is 11.8 Å². The molecule has 0 heterocycles. The van der Waals surface area contributed by atoms with E-state index in [1.54, 1.807) is 6.08 Å². The molecule has 2 atom stereocenters. The first-order valence-electron chi connectivity index (χ1n) is 4.63. The van der Waals surface area contributed by atoms with Crippen molar-refractivity contribution in [1.82, 2.24) is 0 Å². The zero-order chi connectivity index (χ0) is 10.6. The predicted molar refractivity (Wildman–Crippen MR) is 75.1 cm³/mol. The van der Waals surface area contributed by atoms with Gasteiger partial charge in [-0.05, 0) is 26.7 Å². The van der Waals surface area contributed by atoms with Crippen LogP contribution in [-0.2, 0) is 9.53 Å². The highest BCUT2D eigenvalue weighted by Crippen LogP contribution is 2.17. The average Bonchev–Trinajstić information content (AvgIpc) is 1.98. The van der Waals surface area contributed by atoms with Crippen molar-refractivity contribution < 1.29 is 9.53 Å². The lowest BCUT2D eigenvalue weighted by molar-refractivity contribution is -0.160. The highest BCUT2D eigenvalue weighted by molar-refractivity contribution is 7.59. The molecular weight excluding hydrogens is 228 g/mol. The van der Waals surface area contributed by atoms with Gasteiger partial charge in [-0.15, -0.1) is 6.58 Å². The monoisotopic (exact) mass is 252 g/mol. The Balaban J connectivity index is -0.000000720. The van der Waals surface area contributed by atoms with Gasteiger partial charge in [-0.1, -0.05) is 19.9 Å². The molecule has 0 bridgehead atoms. The smallest absolute Gasteiger partial charge is 0.309 e. The van der Waals surface area contributed by atoms with Crippen LogP contribution in [0.3, 0.4) is 0 Å². The van der Waals surface area contributed by atoms with E-state index in [1.807, 2.05) is 34.6 Å². The minimum Gasteiger partial charge on any atom is -0.460 e. The van der Waals surface area contributed by atoms with Crippen LogP contribution in [0.4, 0.5) is 0 Å². The molecule has 0 saturated carbocycles. The quantitative estimate of drug-likeness (QED) is 0.570. The Bertz CT molecular complexity index is 197. The molecule has 0 aromatic carbocycles. The standard InChI is InChI=1S/C11H20O2.2H2S/c1-7-8(2)9(3)10(12)13-11(4,5)6;;/h7-9H,1H2,2-6H3;2*1H2/t8?,9-;;/m0../s1. The van der Waals surface area contributed by atoms with Crippen molar-refractivity contribution in [3.05, 3.63) is 12.7 Å². The molecule has 92 valence electrons. The van der Waals surface area contributed by atoms with E-state index >= 15 is 0 Å². The fraction of sp³-hybridized carbons (Fsp3) is 0.727. The lowest BCUT2D eigenvalue weighted by Gasteiger charge is -2.23. The number of hydrogen-bond donors (Lipinski definition) is 0. The van der Waals surface area contributed by atoms with Gasteiger partial charge >= 0.3 is 5.97 Å². The van der Waals surface area contributed by atoms with Crippen LogP contribution in [0.1, 0.15) is 34.6 Å². The van der Waals surface area contributed by atoms with Crippen LogP contribution in [0.5, 0.6) is 0 Å². The third kappa shape index (κ3) is 8.88. The third-order valence-corrected chi connectivity index (χ3v) is 1.94. The van der Waals surface area contributed by atoms with E-state index in [1.165, 1.54) is 0 Å². The molecule has 0 aliphatic rings. The van der Waals surface area contributed by atoms with E-state index in [0.29, 0.717) is 0 Å². The lowest BCUT2D eigenvalue weighted by atomic mass is 9.96. The first kappa shape index (κ1) is 20.3. The van der Waals surface area contributed by atoms with Gasteiger partial charge in [0.15, 0.2) is 0 Å². The van der Waals surface area contributed by atoms with Crippen LogP contribution in [0.25, 0.3) is 0 Å². The SMILES string of the molecule is C=CC(C)[C@H](C)C(=O)OC(C)(C)C.S.S. The van der Waals surface area contributed by atoms with Crippen LogP contribution in [-0.4, -0.2) is 11.6 Å². The number of hydrogen-bond acceptors (Lipinski definition) is 2. The first-order valence-corrected chi connectivity index (χ1v) is 4.63. The van der Waals surface area contributed by atoms with Crippen LogP contribution in [0.15, 0.2) is 12.7 Å². The van der Waals surface area contributed by atoms with Gasteiger partial charge in [-0.3, -0.25) is 4.79 Å². The molecule has 0 aliphatic carbocycles. The van der Waals surface area contributed by atoms with Crippen LogP contribution < -0.4 is 0 Å². The summed E-state index contributed by atoms with van der Waals surface area (Å²) in [5.41, 5.74) is -0.397. The molecule has 0 aromatic heterocycles. The van der Waals surface area contributed by atoms with Crippen molar-refractivity contribution in [1.29, 1.82) is 0 Å². The van der Waals surface area contributed by atoms with E-state index in [2.05, 4.69) is 6.58 Å². The molecule has 15 heavy (non-hydrogen) atoms. The summed E-state index contributed by atoms with van der Waals surface area (Å²) in [4.78, 5) is 11.5. The van der Waals surface area contributed by atoms with Crippen molar-refractivity contribution in [3.8, 4) is 0 Å². The van der Waals surface area contributed by atoms with E-state index in [4.69, 9.17) is 4.74 Å². The molecule has 4 heteroatoms. The molecule has 0 saturated heterocycles. The summed E-state index contributed by atoms with van der Waals surface area (Å²) in [6.45, 7) is 13.1. The fourth-order valence-corrected chi connectivity index (χ4v) is 0.813. The van der Waals surface area contributed by atoms with Gasteiger partial charge in [0.05, 0.1) is 5.92 Å². The molecule has 0 rings (SSSR count). The molecule has 0 aliphatic heterocycles. The van der Waals surface area contributed by atoms with Gasteiger partial charge < -0.3 is 4.74 Å². The van der Waals surface area contributed by atoms with Crippen LogP contribution >= 0.6 is 27.0 Å². The summed E-state index contributed by atoms with van der Waals surface area (Å²) < 4.78 is 5.24. The van der Waals surface area contributed by atoms with Gasteiger partial charge in [0.25, 0.3) is 0 Å². The van der Waals surface area contributed by atoms with Gasteiger partial charge in [0.1, 0.15) is 5.60 Å². The molecule has 0 fully saturated rings. The maximum atomic E-state index is 11.5. The number of allylic oxidation sites excluding steroid dienone is 1. The zero-order valence-electron chi connectivity index (χ0n) is 10.3. The summed E-state index contributed by atoms with van der Waals surface area (Å²) >= 11 is 0. The number of esters is 1. The summed E-state index contributed by atoms with van der Waals surface area (Å²) in [5, 5.41) is 0. The Kier molecular flexibility index (Phi) is 11.0. The van der Waals surface area contributed by atoms with Crippen molar-refractivity contribution in [2.45, 2.75) is 40.2 Å². The maximum Gasteiger partial charge on any atom is 0.309 e. The van der Waals surface area contributed by atoms with Gasteiger partial charge in [0.2, 0.25) is 0 Å². The first-order chi connectivity index (χ1) is 5.78. The van der Waals surface area contributed by atoms with Gasteiger partial charge in [0, 0.05) is 0 Å².